The van der Waals surface area contributed by atoms with E-state index in [1.165, 1.54) is 4.90 Å². The van der Waals surface area contributed by atoms with Crippen molar-refractivity contribution >= 4 is 17.5 Å². The Hall–Kier alpha value is -2.04. The number of hydrogen-bond acceptors (Lipinski definition) is 4. The van der Waals surface area contributed by atoms with Gasteiger partial charge in [0.05, 0.1) is 5.69 Å². The SMILES string of the molecule is O=C1[C@@H]2CCCC[C@@H](C2)C(=O)N1c1ccc2c(c1)OCO2. The minimum atomic E-state index is -0.0583. The fourth-order valence-electron chi connectivity index (χ4n) is 3.56. The Kier molecular flexibility index (Phi) is 2.87. The van der Waals surface area contributed by atoms with Crippen LogP contribution in [-0.2, 0) is 9.59 Å². The zero-order chi connectivity index (χ0) is 14.4. The Morgan fingerprint density at radius 3 is 2.33 bits per heavy atom. The monoisotopic (exact) mass is 287 g/mol. The summed E-state index contributed by atoms with van der Waals surface area (Å²) in [7, 11) is 0. The molecule has 2 heterocycles. The number of ether oxygens (including phenoxy) is 2. The van der Waals surface area contributed by atoms with Crippen molar-refractivity contribution in [2.75, 3.05) is 11.7 Å². The third kappa shape index (κ3) is 1.99. The quantitative estimate of drug-likeness (QED) is 0.745. The van der Waals surface area contributed by atoms with Crippen molar-refractivity contribution in [2.45, 2.75) is 32.1 Å². The van der Waals surface area contributed by atoms with Gasteiger partial charge in [0.2, 0.25) is 18.6 Å². The van der Waals surface area contributed by atoms with Gasteiger partial charge < -0.3 is 9.47 Å². The molecule has 2 amide bonds. The molecule has 2 atom stereocenters. The number of fused-ring (bicyclic) bond motifs is 3. The van der Waals surface area contributed by atoms with Crippen molar-refractivity contribution in [1.82, 2.24) is 0 Å². The molecule has 1 saturated heterocycles. The second-order valence-corrected chi connectivity index (χ2v) is 5.96. The molecule has 0 unspecified atom stereocenters. The van der Waals surface area contributed by atoms with E-state index in [4.69, 9.17) is 9.47 Å². The summed E-state index contributed by atoms with van der Waals surface area (Å²) in [5, 5.41) is 0. The van der Waals surface area contributed by atoms with Crippen LogP contribution in [0.2, 0.25) is 0 Å². The zero-order valence-electron chi connectivity index (χ0n) is 11.7. The summed E-state index contributed by atoms with van der Waals surface area (Å²) in [6, 6.07) is 5.26. The highest BCUT2D eigenvalue weighted by atomic mass is 16.7. The molecule has 2 bridgehead atoms. The van der Waals surface area contributed by atoms with Gasteiger partial charge in [-0.05, 0) is 31.4 Å². The second kappa shape index (κ2) is 4.76. The molecule has 21 heavy (non-hydrogen) atoms. The van der Waals surface area contributed by atoms with Gasteiger partial charge in [-0.3, -0.25) is 9.59 Å². The van der Waals surface area contributed by atoms with Gasteiger partial charge in [0.15, 0.2) is 11.5 Å². The van der Waals surface area contributed by atoms with Crippen molar-refractivity contribution in [1.29, 1.82) is 0 Å². The Balaban J connectivity index is 1.72. The predicted octanol–water partition coefficient (Wildman–Crippen LogP) is 2.49. The predicted molar refractivity (Wildman–Crippen MR) is 75.1 cm³/mol. The third-order valence-electron chi connectivity index (χ3n) is 4.68. The van der Waals surface area contributed by atoms with Crippen LogP contribution in [0.25, 0.3) is 0 Å². The molecule has 0 radical (unpaired) electrons. The number of carbonyl (C=O) groups is 2. The van der Waals surface area contributed by atoms with Gasteiger partial charge in [-0.2, -0.15) is 0 Å². The number of imide groups is 1. The van der Waals surface area contributed by atoms with Gasteiger partial charge in [0.1, 0.15) is 0 Å². The summed E-state index contributed by atoms with van der Waals surface area (Å²) in [5.74, 6) is 1.12. The Morgan fingerprint density at radius 2 is 1.62 bits per heavy atom. The number of piperidine rings is 1. The Morgan fingerprint density at radius 1 is 0.952 bits per heavy atom. The second-order valence-electron chi connectivity index (χ2n) is 5.96. The van der Waals surface area contributed by atoms with Gasteiger partial charge in [-0.25, -0.2) is 4.90 Å². The molecule has 1 saturated carbocycles. The van der Waals surface area contributed by atoms with Gasteiger partial charge in [-0.15, -0.1) is 0 Å². The number of benzene rings is 1. The van der Waals surface area contributed by atoms with Crippen LogP contribution in [0.5, 0.6) is 11.5 Å². The van der Waals surface area contributed by atoms with E-state index in [2.05, 4.69) is 0 Å². The minimum Gasteiger partial charge on any atom is -0.454 e. The summed E-state index contributed by atoms with van der Waals surface area (Å²) in [6.07, 6.45) is 4.58. The van der Waals surface area contributed by atoms with E-state index in [9.17, 15) is 9.59 Å². The van der Waals surface area contributed by atoms with Crippen LogP contribution in [0.1, 0.15) is 32.1 Å². The molecule has 0 aromatic heterocycles. The highest BCUT2D eigenvalue weighted by molar-refractivity contribution is 6.18. The molecule has 110 valence electrons. The zero-order valence-corrected chi connectivity index (χ0v) is 11.7. The molecule has 4 rings (SSSR count). The molecule has 5 heteroatoms. The Bertz CT molecular complexity index is 588. The maximum absolute atomic E-state index is 12.6. The maximum Gasteiger partial charge on any atom is 0.236 e. The van der Waals surface area contributed by atoms with E-state index in [0.717, 1.165) is 32.1 Å². The van der Waals surface area contributed by atoms with Crippen LogP contribution in [0.3, 0.4) is 0 Å². The fraction of sp³-hybridized carbons (Fsp3) is 0.500. The normalized spacial score (nSPS) is 27.7. The highest BCUT2D eigenvalue weighted by Crippen LogP contribution is 2.40. The van der Waals surface area contributed by atoms with Crippen LogP contribution in [0, 0.1) is 11.8 Å². The molecule has 3 aliphatic rings. The van der Waals surface area contributed by atoms with E-state index in [1.807, 2.05) is 0 Å². The lowest BCUT2D eigenvalue weighted by Gasteiger charge is -2.34. The van der Waals surface area contributed by atoms with Gasteiger partial charge >= 0.3 is 0 Å². The first-order valence-corrected chi connectivity index (χ1v) is 7.51. The number of anilines is 1. The average molecular weight is 287 g/mol. The van der Waals surface area contributed by atoms with Gasteiger partial charge in [0.25, 0.3) is 0 Å². The lowest BCUT2D eigenvalue weighted by molar-refractivity contribution is -0.135. The van der Waals surface area contributed by atoms with Crippen molar-refractivity contribution in [2.24, 2.45) is 11.8 Å². The van der Waals surface area contributed by atoms with Crippen LogP contribution in [0.15, 0.2) is 18.2 Å². The minimum absolute atomic E-state index is 0.0133. The fourth-order valence-corrected chi connectivity index (χ4v) is 3.56. The van der Waals surface area contributed by atoms with Crippen molar-refractivity contribution in [3.8, 4) is 11.5 Å². The first kappa shape index (κ1) is 12.7. The van der Waals surface area contributed by atoms with Crippen LogP contribution >= 0.6 is 0 Å². The molecular weight excluding hydrogens is 270 g/mol. The first-order valence-electron chi connectivity index (χ1n) is 7.51. The average Bonchev–Trinajstić information content (AvgIpc) is 2.82. The number of nitrogens with zero attached hydrogens (tertiary/aromatic N) is 1. The summed E-state index contributed by atoms with van der Waals surface area (Å²) >= 11 is 0. The Labute approximate surface area is 122 Å². The van der Waals surface area contributed by atoms with Crippen LogP contribution in [0.4, 0.5) is 5.69 Å². The van der Waals surface area contributed by atoms with Crippen molar-refractivity contribution in [3.63, 3.8) is 0 Å². The lowest BCUT2D eigenvalue weighted by atomic mass is 9.86. The molecule has 1 aromatic rings. The van der Waals surface area contributed by atoms with Crippen molar-refractivity contribution in [3.05, 3.63) is 18.2 Å². The number of carbonyl (C=O) groups excluding carboxylic acids is 2. The highest BCUT2D eigenvalue weighted by Gasteiger charge is 2.42. The summed E-state index contributed by atoms with van der Waals surface area (Å²) in [5.41, 5.74) is 0.603. The molecule has 0 spiro atoms. The molecule has 1 aliphatic carbocycles. The molecule has 1 aromatic carbocycles. The topological polar surface area (TPSA) is 55.8 Å². The largest absolute Gasteiger partial charge is 0.454 e. The van der Waals surface area contributed by atoms with Crippen molar-refractivity contribution < 1.29 is 19.1 Å². The molecule has 0 N–H and O–H groups in total. The van der Waals surface area contributed by atoms with E-state index >= 15 is 0 Å². The summed E-state index contributed by atoms with van der Waals surface area (Å²) in [6.45, 7) is 0.186. The van der Waals surface area contributed by atoms with Crippen LogP contribution < -0.4 is 14.4 Å². The first-order chi connectivity index (χ1) is 10.2. The molecule has 5 nitrogen and oxygen atoms in total. The summed E-state index contributed by atoms with van der Waals surface area (Å²) in [4.78, 5) is 26.6. The van der Waals surface area contributed by atoms with E-state index in [-0.39, 0.29) is 30.4 Å². The molecular formula is C16H17NO4. The smallest absolute Gasteiger partial charge is 0.236 e. The van der Waals surface area contributed by atoms with E-state index < -0.39 is 0 Å². The number of amides is 2. The maximum atomic E-state index is 12.6. The number of hydrogen-bond donors (Lipinski definition) is 0. The van der Waals surface area contributed by atoms with Crippen LogP contribution in [-0.4, -0.2) is 18.6 Å². The lowest BCUT2D eigenvalue weighted by Crippen LogP contribution is -2.49. The van der Waals surface area contributed by atoms with E-state index in [1.54, 1.807) is 18.2 Å². The van der Waals surface area contributed by atoms with E-state index in [0.29, 0.717) is 17.2 Å². The van der Waals surface area contributed by atoms with Gasteiger partial charge in [-0.1, -0.05) is 12.8 Å². The molecule has 2 fully saturated rings. The number of rotatable bonds is 1. The van der Waals surface area contributed by atoms with Gasteiger partial charge in [0, 0.05) is 17.9 Å². The third-order valence-corrected chi connectivity index (χ3v) is 4.68. The summed E-state index contributed by atoms with van der Waals surface area (Å²) < 4.78 is 10.6. The molecule has 2 aliphatic heterocycles. The standard InChI is InChI=1S/C16H17NO4/c18-15-10-3-1-2-4-11(7-10)16(19)17(15)12-5-6-13-14(8-12)21-9-20-13/h5-6,8,10-11H,1-4,7,9H2/t10-,11+.